The van der Waals surface area contributed by atoms with Gasteiger partial charge in [-0.3, -0.25) is 0 Å². The van der Waals surface area contributed by atoms with E-state index in [0.29, 0.717) is 12.4 Å². The maximum atomic E-state index is 13.4. The maximum Gasteiger partial charge on any atom is 0.338 e. The minimum Gasteiger partial charge on any atom is -0.490 e. The minimum absolute atomic E-state index is 0.221. The molecule has 0 aliphatic carbocycles. The van der Waals surface area contributed by atoms with Crippen LogP contribution in [0.2, 0.25) is 0 Å². The molecule has 2 rings (SSSR count). The van der Waals surface area contributed by atoms with E-state index >= 15 is 0 Å². The molecule has 21 heavy (non-hydrogen) atoms. The molecule has 110 valence electrons. The Balaban J connectivity index is 1.84. The molecule has 0 spiro atoms. The first kappa shape index (κ1) is 15.3. The number of rotatable bonds is 6. The van der Waals surface area contributed by atoms with Crippen LogP contribution in [0.15, 0.2) is 46.9 Å². The van der Waals surface area contributed by atoms with Crippen LogP contribution < -0.4 is 9.47 Å². The maximum absolute atomic E-state index is 13.4. The molecule has 4 nitrogen and oxygen atoms in total. The van der Waals surface area contributed by atoms with Gasteiger partial charge < -0.3 is 14.6 Å². The number of hydrogen-bond acceptors (Lipinski definition) is 3. The fourth-order valence-corrected chi connectivity index (χ4v) is 2.01. The number of ether oxygens (including phenoxy) is 2. The molecule has 0 bridgehead atoms. The molecule has 0 heterocycles. The van der Waals surface area contributed by atoms with Crippen LogP contribution in [-0.4, -0.2) is 24.3 Å². The lowest BCUT2D eigenvalue weighted by atomic mass is 10.2. The molecular formula is C15H12BrFO4. The second-order valence-corrected chi connectivity index (χ2v) is 5.02. The Morgan fingerprint density at radius 2 is 1.76 bits per heavy atom. The molecule has 0 aliphatic rings. The van der Waals surface area contributed by atoms with Gasteiger partial charge in [-0.15, -0.1) is 0 Å². The van der Waals surface area contributed by atoms with Gasteiger partial charge in [0.2, 0.25) is 0 Å². The summed E-state index contributed by atoms with van der Waals surface area (Å²) in [6.07, 6.45) is 0. The van der Waals surface area contributed by atoms with Gasteiger partial charge in [-0.25, -0.2) is 9.18 Å². The highest BCUT2D eigenvalue weighted by atomic mass is 79.9. The van der Waals surface area contributed by atoms with Crippen molar-refractivity contribution >= 4 is 21.9 Å². The van der Waals surface area contributed by atoms with E-state index in [1.165, 1.54) is 12.1 Å². The Hall–Kier alpha value is -2.08. The van der Waals surface area contributed by atoms with Crippen molar-refractivity contribution in [3.63, 3.8) is 0 Å². The third kappa shape index (κ3) is 4.46. The van der Waals surface area contributed by atoms with E-state index < -0.39 is 11.8 Å². The summed E-state index contributed by atoms with van der Waals surface area (Å²) in [5, 5.41) is 8.71. The predicted molar refractivity (Wildman–Crippen MR) is 78.5 cm³/mol. The van der Waals surface area contributed by atoms with Crippen molar-refractivity contribution in [1.82, 2.24) is 0 Å². The fraction of sp³-hybridized carbons (Fsp3) is 0.133. The van der Waals surface area contributed by atoms with Crippen molar-refractivity contribution in [3.8, 4) is 11.5 Å². The lowest BCUT2D eigenvalue weighted by molar-refractivity contribution is 0.0692. The summed E-state index contributed by atoms with van der Waals surface area (Å²) >= 11 is 3.33. The van der Waals surface area contributed by atoms with Gasteiger partial charge in [0.15, 0.2) is 0 Å². The van der Waals surface area contributed by atoms with Crippen LogP contribution in [0.5, 0.6) is 11.5 Å². The van der Waals surface area contributed by atoms with E-state index in [1.807, 2.05) is 24.3 Å². The summed E-state index contributed by atoms with van der Waals surface area (Å²) in [4.78, 5) is 10.7. The molecule has 0 unspecified atom stereocenters. The van der Waals surface area contributed by atoms with Crippen LogP contribution in [-0.2, 0) is 0 Å². The standard InChI is InChI=1S/C15H12BrFO4/c16-10-2-1-3-11(8-10)20-6-7-21-12-4-5-13(15(18)19)14(17)9-12/h1-5,8-9H,6-7H2,(H,18,19). The Kier molecular flexibility index (Phi) is 5.16. The molecule has 0 fully saturated rings. The van der Waals surface area contributed by atoms with E-state index in [9.17, 15) is 9.18 Å². The van der Waals surface area contributed by atoms with Crippen molar-refractivity contribution in [1.29, 1.82) is 0 Å². The molecule has 0 atom stereocenters. The van der Waals surface area contributed by atoms with Gasteiger partial charge in [0.05, 0.1) is 5.56 Å². The molecule has 2 aromatic rings. The minimum atomic E-state index is -1.31. The molecule has 2 aromatic carbocycles. The van der Waals surface area contributed by atoms with E-state index in [4.69, 9.17) is 14.6 Å². The smallest absolute Gasteiger partial charge is 0.338 e. The number of carbonyl (C=O) groups is 1. The van der Waals surface area contributed by atoms with E-state index in [0.717, 1.165) is 10.5 Å². The summed E-state index contributed by atoms with van der Waals surface area (Å²) in [5.74, 6) is -1.18. The number of carboxylic acids is 1. The van der Waals surface area contributed by atoms with Gasteiger partial charge in [-0.2, -0.15) is 0 Å². The zero-order chi connectivity index (χ0) is 15.2. The Labute approximate surface area is 129 Å². The molecule has 0 amide bonds. The van der Waals surface area contributed by atoms with Crippen LogP contribution in [0.3, 0.4) is 0 Å². The van der Waals surface area contributed by atoms with E-state index in [1.54, 1.807) is 0 Å². The normalized spacial score (nSPS) is 10.2. The first-order valence-electron chi connectivity index (χ1n) is 6.10. The third-order valence-corrected chi connectivity index (χ3v) is 3.08. The average Bonchev–Trinajstić information content (AvgIpc) is 2.43. The lowest BCUT2D eigenvalue weighted by Crippen LogP contribution is -2.09. The van der Waals surface area contributed by atoms with Crippen molar-refractivity contribution in [3.05, 3.63) is 58.3 Å². The topological polar surface area (TPSA) is 55.8 Å². The van der Waals surface area contributed by atoms with Gasteiger partial charge in [-0.05, 0) is 30.3 Å². The van der Waals surface area contributed by atoms with Crippen LogP contribution >= 0.6 is 15.9 Å². The second kappa shape index (κ2) is 7.08. The number of halogens is 2. The Morgan fingerprint density at radius 3 is 2.33 bits per heavy atom. The van der Waals surface area contributed by atoms with E-state index in [-0.39, 0.29) is 17.9 Å². The monoisotopic (exact) mass is 354 g/mol. The van der Waals surface area contributed by atoms with Crippen molar-refractivity contribution in [2.45, 2.75) is 0 Å². The summed E-state index contributed by atoms with van der Waals surface area (Å²) in [6, 6.07) is 11.0. The third-order valence-electron chi connectivity index (χ3n) is 2.59. The first-order chi connectivity index (χ1) is 10.1. The van der Waals surface area contributed by atoms with Crippen molar-refractivity contribution < 1.29 is 23.8 Å². The highest BCUT2D eigenvalue weighted by Crippen LogP contribution is 2.18. The molecule has 0 radical (unpaired) electrons. The van der Waals surface area contributed by atoms with Gasteiger partial charge in [0, 0.05) is 10.5 Å². The Morgan fingerprint density at radius 1 is 1.10 bits per heavy atom. The molecule has 1 N–H and O–H groups in total. The quantitative estimate of drug-likeness (QED) is 0.802. The summed E-state index contributed by atoms with van der Waals surface area (Å²) in [5.41, 5.74) is -0.382. The number of aromatic carboxylic acids is 1. The van der Waals surface area contributed by atoms with Crippen LogP contribution in [0.1, 0.15) is 10.4 Å². The number of hydrogen-bond donors (Lipinski definition) is 1. The lowest BCUT2D eigenvalue weighted by Gasteiger charge is -2.09. The zero-order valence-corrected chi connectivity index (χ0v) is 12.5. The first-order valence-corrected chi connectivity index (χ1v) is 6.89. The summed E-state index contributed by atoms with van der Waals surface area (Å²) in [7, 11) is 0. The average molecular weight is 355 g/mol. The van der Waals surface area contributed by atoms with E-state index in [2.05, 4.69) is 15.9 Å². The molecule has 0 aromatic heterocycles. The largest absolute Gasteiger partial charge is 0.490 e. The van der Waals surface area contributed by atoms with Crippen LogP contribution in [0, 0.1) is 5.82 Å². The number of benzene rings is 2. The van der Waals surface area contributed by atoms with Gasteiger partial charge in [0.1, 0.15) is 30.5 Å². The molecule has 0 saturated carbocycles. The highest BCUT2D eigenvalue weighted by molar-refractivity contribution is 9.10. The predicted octanol–water partition coefficient (Wildman–Crippen LogP) is 3.74. The molecule has 6 heteroatoms. The van der Waals surface area contributed by atoms with Crippen LogP contribution in [0.25, 0.3) is 0 Å². The van der Waals surface area contributed by atoms with Crippen LogP contribution in [0.4, 0.5) is 4.39 Å². The SMILES string of the molecule is O=C(O)c1ccc(OCCOc2cccc(Br)c2)cc1F. The second-order valence-electron chi connectivity index (χ2n) is 4.10. The van der Waals surface area contributed by atoms with Crippen molar-refractivity contribution in [2.75, 3.05) is 13.2 Å². The number of carboxylic acid groups (broad SMARTS) is 1. The van der Waals surface area contributed by atoms with Crippen molar-refractivity contribution in [2.24, 2.45) is 0 Å². The summed E-state index contributed by atoms with van der Waals surface area (Å²) in [6.45, 7) is 0.511. The fourth-order valence-electron chi connectivity index (χ4n) is 1.63. The highest BCUT2D eigenvalue weighted by Gasteiger charge is 2.10. The summed E-state index contributed by atoms with van der Waals surface area (Å²) < 4.78 is 25.1. The molecule has 0 saturated heterocycles. The van der Waals surface area contributed by atoms with Gasteiger partial charge in [0.25, 0.3) is 0 Å². The molecule has 0 aliphatic heterocycles. The van der Waals surface area contributed by atoms with Gasteiger partial charge in [-0.1, -0.05) is 22.0 Å². The van der Waals surface area contributed by atoms with Gasteiger partial charge >= 0.3 is 5.97 Å². The molecular weight excluding hydrogens is 343 g/mol. The zero-order valence-electron chi connectivity index (χ0n) is 10.9. The Bertz CT molecular complexity index is 645.